The van der Waals surface area contributed by atoms with Crippen molar-refractivity contribution in [2.75, 3.05) is 6.54 Å². The number of hydrogen-bond donors (Lipinski definition) is 1. The lowest BCUT2D eigenvalue weighted by Gasteiger charge is -2.23. The minimum atomic E-state index is -0.848. The minimum absolute atomic E-state index is 0.00729. The molecular weight excluding hydrogens is 266 g/mol. The number of carboxylic acids is 1. The van der Waals surface area contributed by atoms with E-state index in [0.29, 0.717) is 12.1 Å². The molecule has 1 amide bonds. The average Bonchev–Trinajstić information content (AvgIpc) is 3.31. The summed E-state index contributed by atoms with van der Waals surface area (Å²) < 4.78 is 0. The number of hydrogen-bond acceptors (Lipinski definition) is 2. The molecule has 0 heterocycles. The van der Waals surface area contributed by atoms with Crippen molar-refractivity contribution in [2.45, 2.75) is 51.0 Å². The number of nitrogens with zero attached hydrogens (tertiary/aromatic N) is 1. The number of carboxylic acid groups (broad SMARTS) is 1. The lowest BCUT2D eigenvalue weighted by atomic mass is 9.90. The van der Waals surface area contributed by atoms with E-state index in [1.165, 1.54) is 24.0 Å². The summed E-state index contributed by atoms with van der Waals surface area (Å²) >= 11 is 0. The van der Waals surface area contributed by atoms with Crippen molar-refractivity contribution in [1.82, 2.24) is 4.90 Å². The smallest absolute Gasteiger partial charge is 0.305 e. The van der Waals surface area contributed by atoms with E-state index in [-0.39, 0.29) is 18.4 Å². The number of aryl methyl sites for hydroxylation is 2. The molecule has 0 spiro atoms. The molecule has 21 heavy (non-hydrogen) atoms. The highest BCUT2D eigenvalue weighted by atomic mass is 16.4. The van der Waals surface area contributed by atoms with Crippen LogP contribution in [0.15, 0.2) is 18.2 Å². The second-order valence-electron chi connectivity index (χ2n) is 6.06. The number of benzene rings is 1. The zero-order valence-corrected chi connectivity index (χ0v) is 12.2. The van der Waals surface area contributed by atoms with Crippen LogP contribution in [-0.2, 0) is 17.6 Å². The monoisotopic (exact) mass is 287 g/mol. The Morgan fingerprint density at radius 3 is 2.52 bits per heavy atom. The molecule has 0 radical (unpaired) electrons. The predicted octanol–water partition coefficient (Wildman–Crippen LogP) is 2.64. The minimum Gasteiger partial charge on any atom is -0.481 e. The third-order valence-corrected chi connectivity index (χ3v) is 4.41. The van der Waals surface area contributed by atoms with Gasteiger partial charge < -0.3 is 10.0 Å². The number of amides is 1. The van der Waals surface area contributed by atoms with E-state index in [9.17, 15) is 9.59 Å². The van der Waals surface area contributed by atoms with E-state index < -0.39 is 5.97 Å². The molecule has 3 rings (SSSR count). The van der Waals surface area contributed by atoms with Gasteiger partial charge in [0, 0.05) is 18.2 Å². The number of carbonyl (C=O) groups is 2. The molecule has 2 aliphatic carbocycles. The molecule has 4 nitrogen and oxygen atoms in total. The molecule has 4 heteroatoms. The summed E-state index contributed by atoms with van der Waals surface area (Å²) in [5.74, 6) is -0.856. The first-order valence-corrected chi connectivity index (χ1v) is 7.80. The molecule has 1 N–H and O–H groups in total. The van der Waals surface area contributed by atoms with Crippen LogP contribution in [0.25, 0.3) is 0 Å². The molecule has 1 saturated carbocycles. The Balaban J connectivity index is 1.77. The standard InChI is InChI=1S/C17H21NO3/c19-16(20)9-10-18(15-7-8-15)17(21)14-6-5-12-3-1-2-4-13(12)11-14/h5-6,11,15H,1-4,7-10H2,(H,19,20). The van der Waals surface area contributed by atoms with E-state index in [4.69, 9.17) is 5.11 Å². The van der Waals surface area contributed by atoms with Gasteiger partial charge in [-0.15, -0.1) is 0 Å². The van der Waals surface area contributed by atoms with Crippen LogP contribution in [0.4, 0.5) is 0 Å². The van der Waals surface area contributed by atoms with Crippen molar-refractivity contribution in [3.05, 3.63) is 34.9 Å². The van der Waals surface area contributed by atoms with E-state index >= 15 is 0 Å². The predicted molar refractivity (Wildman–Crippen MR) is 79.4 cm³/mol. The number of aliphatic carboxylic acids is 1. The highest BCUT2D eigenvalue weighted by Crippen LogP contribution is 2.29. The van der Waals surface area contributed by atoms with Crippen LogP contribution in [0.5, 0.6) is 0 Å². The van der Waals surface area contributed by atoms with Gasteiger partial charge in [-0.1, -0.05) is 6.07 Å². The summed E-state index contributed by atoms with van der Waals surface area (Å²) in [6.07, 6.45) is 6.59. The highest BCUT2D eigenvalue weighted by Gasteiger charge is 2.33. The molecule has 0 bridgehead atoms. The van der Waals surface area contributed by atoms with Gasteiger partial charge in [-0.3, -0.25) is 9.59 Å². The van der Waals surface area contributed by atoms with Crippen LogP contribution in [-0.4, -0.2) is 34.5 Å². The van der Waals surface area contributed by atoms with Crippen LogP contribution in [0, 0.1) is 0 Å². The molecule has 0 atom stereocenters. The fourth-order valence-electron chi connectivity index (χ4n) is 3.08. The summed E-state index contributed by atoms with van der Waals surface area (Å²) in [6.45, 7) is 0.315. The molecule has 2 aliphatic rings. The maximum absolute atomic E-state index is 12.7. The largest absolute Gasteiger partial charge is 0.481 e. The van der Waals surface area contributed by atoms with Gasteiger partial charge >= 0.3 is 5.97 Å². The molecule has 0 aliphatic heterocycles. The van der Waals surface area contributed by atoms with Crippen molar-refractivity contribution in [2.24, 2.45) is 0 Å². The molecule has 0 unspecified atom stereocenters. The number of carbonyl (C=O) groups excluding carboxylic acids is 1. The van der Waals surface area contributed by atoms with Gasteiger partial charge in [0.1, 0.15) is 0 Å². The van der Waals surface area contributed by atoms with Gasteiger partial charge in [0.25, 0.3) is 5.91 Å². The Bertz CT molecular complexity index is 563. The zero-order valence-electron chi connectivity index (χ0n) is 12.2. The summed E-state index contributed by atoms with van der Waals surface area (Å²) in [7, 11) is 0. The SMILES string of the molecule is O=C(O)CCN(C(=O)c1ccc2c(c1)CCCC2)C1CC1. The van der Waals surface area contributed by atoms with E-state index in [1.807, 2.05) is 12.1 Å². The highest BCUT2D eigenvalue weighted by molar-refractivity contribution is 5.95. The normalized spacial score (nSPS) is 17.1. The van der Waals surface area contributed by atoms with E-state index in [2.05, 4.69) is 6.07 Å². The van der Waals surface area contributed by atoms with Gasteiger partial charge in [0.15, 0.2) is 0 Å². The van der Waals surface area contributed by atoms with Gasteiger partial charge in [-0.05, 0) is 61.8 Å². The quantitative estimate of drug-likeness (QED) is 0.905. The Kier molecular flexibility index (Phi) is 3.95. The van der Waals surface area contributed by atoms with Crippen LogP contribution in [0.1, 0.15) is 53.6 Å². The Morgan fingerprint density at radius 1 is 1.14 bits per heavy atom. The van der Waals surface area contributed by atoms with Crippen LogP contribution in [0.3, 0.4) is 0 Å². The molecule has 0 aromatic heterocycles. The van der Waals surface area contributed by atoms with Crippen molar-refractivity contribution < 1.29 is 14.7 Å². The van der Waals surface area contributed by atoms with Gasteiger partial charge in [0.2, 0.25) is 0 Å². The van der Waals surface area contributed by atoms with E-state index in [0.717, 1.165) is 25.7 Å². The van der Waals surface area contributed by atoms with Crippen molar-refractivity contribution in [3.63, 3.8) is 0 Å². The van der Waals surface area contributed by atoms with Gasteiger partial charge in [0.05, 0.1) is 6.42 Å². The Hall–Kier alpha value is -1.84. The fourth-order valence-corrected chi connectivity index (χ4v) is 3.08. The first kappa shape index (κ1) is 14.1. The van der Waals surface area contributed by atoms with Crippen LogP contribution in [0.2, 0.25) is 0 Å². The maximum atomic E-state index is 12.7. The second kappa shape index (κ2) is 5.88. The summed E-state index contributed by atoms with van der Waals surface area (Å²) in [5.41, 5.74) is 3.37. The Labute approximate surface area is 124 Å². The van der Waals surface area contributed by atoms with Gasteiger partial charge in [-0.2, -0.15) is 0 Å². The molecule has 0 saturated heterocycles. The lowest BCUT2D eigenvalue weighted by molar-refractivity contribution is -0.137. The number of rotatable bonds is 5. The molecule has 1 aromatic rings. The summed E-state index contributed by atoms with van der Waals surface area (Å²) in [6, 6.07) is 6.24. The van der Waals surface area contributed by atoms with Crippen molar-refractivity contribution in [1.29, 1.82) is 0 Å². The van der Waals surface area contributed by atoms with Gasteiger partial charge in [-0.25, -0.2) is 0 Å². The summed E-state index contributed by atoms with van der Waals surface area (Å²) in [5, 5.41) is 8.84. The zero-order chi connectivity index (χ0) is 14.8. The molecule has 1 aromatic carbocycles. The Morgan fingerprint density at radius 2 is 1.86 bits per heavy atom. The van der Waals surface area contributed by atoms with Crippen molar-refractivity contribution in [3.8, 4) is 0 Å². The fraction of sp³-hybridized carbons (Fsp3) is 0.529. The average molecular weight is 287 g/mol. The van der Waals surface area contributed by atoms with Crippen molar-refractivity contribution >= 4 is 11.9 Å². The molecule has 1 fully saturated rings. The lowest BCUT2D eigenvalue weighted by Crippen LogP contribution is -2.35. The van der Waals surface area contributed by atoms with Crippen LogP contribution < -0.4 is 0 Å². The number of fused-ring (bicyclic) bond motifs is 1. The topological polar surface area (TPSA) is 57.6 Å². The first-order chi connectivity index (χ1) is 10.1. The molecule has 112 valence electrons. The first-order valence-electron chi connectivity index (χ1n) is 7.80. The second-order valence-corrected chi connectivity index (χ2v) is 6.06. The third-order valence-electron chi connectivity index (χ3n) is 4.41. The van der Waals surface area contributed by atoms with E-state index in [1.54, 1.807) is 4.90 Å². The maximum Gasteiger partial charge on any atom is 0.305 e. The third kappa shape index (κ3) is 3.26. The molecular formula is C17H21NO3. The van der Waals surface area contributed by atoms with Crippen LogP contribution >= 0.6 is 0 Å². The summed E-state index contributed by atoms with van der Waals surface area (Å²) in [4.78, 5) is 25.2.